The number of ketones is 1. The second-order valence-corrected chi connectivity index (χ2v) is 9.10. The largest absolute Gasteiger partial charge is 0.299 e. The highest BCUT2D eigenvalue weighted by Gasteiger charge is 2.17. The van der Waals surface area contributed by atoms with E-state index in [4.69, 9.17) is 4.99 Å². The highest BCUT2D eigenvalue weighted by Crippen LogP contribution is 2.25. The molecule has 0 spiro atoms. The van der Waals surface area contributed by atoms with Crippen LogP contribution in [0.25, 0.3) is 0 Å². The van der Waals surface area contributed by atoms with Gasteiger partial charge in [-0.05, 0) is 79.0 Å². The Kier molecular flexibility index (Phi) is 9.02. The molecule has 0 amide bonds. The molecule has 3 aromatic rings. The maximum atomic E-state index is 11.1. The number of aliphatic imine (C=N–C) groups is 1. The van der Waals surface area contributed by atoms with Crippen molar-refractivity contribution in [3.63, 3.8) is 0 Å². The number of hydrogen-bond donors (Lipinski definition) is 0. The molecule has 0 radical (unpaired) electrons. The zero-order chi connectivity index (χ0) is 22.5. The van der Waals surface area contributed by atoms with Crippen LogP contribution >= 0.6 is 24.0 Å². The summed E-state index contributed by atoms with van der Waals surface area (Å²) in [4.78, 5) is 16.1. The van der Waals surface area contributed by atoms with Gasteiger partial charge in [0.15, 0.2) is 0 Å². The SMILES string of the molecule is Cc1cccc2c1CCC(=N[C@H](C)c1ccccc1)C2.Cc1cccc2c1CCC(=O)C2.I. The van der Waals surface area contributed by atoms with Crippen molar-refractivity contribution in [1.29, 1.82) is 0 Å². The van der Waals surface area contributed by atoms with Crippen molar-refractivity contribution in [2.24, 2.45) is 4.99 Å². The zero-order valence-corrected chi connectivity index (χ0v) is 22.3. The minimum atomic E-state index is 0. The average Bonchev–Trinajstić information content (AvgIpc) is 2.80. The summed E-state index contributed by atoms with van der Waals surface area (Å²) in [7, 11) is 0. The van der Waals surface area contributed by atoms with E-state index in [9.17, 15) is 4.79 Å². The van der Waals surface area contributed by atoms with Crippen LogP contribution in [0.1, 0.15) is 64.8 Å². The second kappa shape index (κ2) is 11.7. The molecule has 0 saturated heterocycles. The summed E-state index contributed by atoms with van der Waals surface area (Å²) in [6, 6.07) is 23.7. The first-order valence-electron chi connectivity index (χ1n) is 11.8. The summed E-state index contributed by atoms with van der Waals surface area (Å²) in [6.07, 6.45) is 5.60. The van der Waals surface area contributed by atoms with Gasteiger partial charge in [-0.1, -0.05) is 66.7 Å². The van der Waals surface area contributed by atoms with Gasteiger partial charge in [0.2, 0.25) is 0 Å². The lowest BCUT2D eigenvalue weighted by Crippen LogP contribution is -2.15. The number of benzene rings is 3. The smallest absolute Gasteiger partial charge is 0.137 e. The monoisotopic (exact) mass is 551 g/mol. The van der Waals surface area contributed by atoms with Gasteiger partial charge in [0.1, 0.15) is 5.78 Å². The van der Waals surface area contributed by atoms with Crippen molar-refractivity contribution in [1.82, 2.24) is 0 Å². The summed E-state index contributed by atoms with van der Waals surface area (Å²) in [5.41, 5.74) is 11.1. The van der Waals surface area contributed by atoms with Gasteiger partial charge in [0, 0.05) is 25.0 Å². The third kappa shape index (κ3) is 6.41. The molecule has 33 heavy (non-hydrogen) atoms. The Labute approximate surface area is 215 Å². The van der Waals surface area contributed by atoms with E-state index in [2.05, 4.69) is 81.4 Å². The average molecular weight is 552 g/mol. The molecular formula is C30H34INO. The Bertz CT molecular complexity index is 1130. The van der Waals surface area contributed by atoms with E-state index in [1.807, 2.05) is 6.07 Å². The molecule has 3 heteroatoms. The predicted octanol–water partition coefficient (Wildman–Crippen LogP) is 7.36. The van der Waals surface area contributed by atoms with Crippen molar-refractivity contribution >= 4 is 35.5 Å². The molecule has 3 aromatic carbocycles. The molecule has 0 heterocycles. The minimum Gasteiger partial charge on any atom is -0.299 e. The van der Waals surface area contributed by atoms with Crippen LogP contribution in [0.15, 0.2) is 71.7 Å². The van der Waals surface area contributed by atoms with E-state index in [0.717, 1.165) is 32.1 Å². The molecule has 0 unspecified atom stereocenters. The predicted molar refractivity (Wildman–Crippen MR) is 149 cm³/mol. The molecule has 0 bridgehead atoms. The van der Waals surface area contributed by atoms with E-state index in [1.54, 1.807) is 5.56 Å². The van der Waals surface area contributed by atoms with Crippen LogP contribution in [-0.2, 0) is 30.5 Å². The van der Waals surface area contributed by atoms with Gasteiger partial charge in [-0.15, -0.1) is 24.0 Å². The first-order valence-corrected chi connectivity index (χ1v) is 11.8. The molecule has 172 valence electrons. The lowest BCUT2D eigenvalue weighted by atomic mass is 9.87. The quantitative estimate of drug-likeness (QED) is 0.306. The van der Waals surface area contributed by atoms with Crippen LogP contribution < -0.4 is 0 Å². The number of carbonyl (C=O) groups is 1. The molecule has 0 aromatic heterocycles. The van der Waals surface area contributed by atoms with Gasteiger partial charge in [-0.2, -0.15) is 0 Å². The molecule has 0 N–H and O–H groups in total. The summed E-state index contributed by atoms with van der Waals surface area (Å²) in [6.45, 7) is 6.52. The molecule has 2 aliphatic rings. The Balaban J connectivity index is 0.000000202. The second-order valence-electron chi connectivity index (χ2n) is 9.10. The molecule has 0 fully saturated rings. The lowest BCUT2D eigenvalue weighted by molar-refractivity contribution is -0.118. The van der Waals surface area contributed by atoms with Gasteiger partial charge in [0.25, 0.3) is 0 Å². The maximum Gasteiger partial charge on any atom is 0.137 e. The fraction of sp³-hybridized carbons (Fsp3) is 0.333. The Morgan fingerprint density at radius 3 is 1.91 bits per heavy atom. The normalized spacial score (nSPS) is 16.6. The molecule has 0 saturated carbocycles. The molecule has 5 rings (SSSR count). The molecule has 2 aliphatic carbocycles. The fourth-order valence-electron chi connectivity index (χ4n) is 4.91. The van der Waals surface area contributed by atoms with E-state index in [-0.39, 0.29) is 30.0 Å². The first kappa shape index (κ1) is 25.4. The molecule has 1 atom stereocenters. The van der Waals surface area contributed by atoms with E-state index >= 15 is 0 Å². The van der Waals surface area contributed by atoms with E-state index in [0.29, 0.717) is 12.2 Å². The third-order valence-electron chi connectivity index (χ3n) is 6.77. The van der Waals surface area contributed by atoms with Crippen molar-refractivity contribution < 1.29 is 4.79 Å². The van der Waals surface area contributed by atoms with Crippen LogP contribution in [0, 0.1) is 13.8 Å². The first-order chi connectivity index (χ1) is 15.5. The lowest BCUT2D eigenvalue weighted by Gasteiger charge is -2.21. The van der Waals surface area contributed by atoms with Crippen LogP contribution in [0.4, 0.5) is 0 Å². The van der Waals surface area contributed by atoms with Crippen LogP contribution in [0.3, 0.4) is 0 Å². The van der Waals surface area contributed by atoms with Crippen molar-refractivity contribution in [2.75, 3.05) is 0 Å². The highest BCUT2D eigenvalue weighted by molar-refractivity contribution is 14.0. The Hall–Kier alpha value is -2.27. The number of fused-ring (bicyclic) bond motifs is 2. The number of halogens is 1. The fourth-order valence-corrected chi connectivity index (χ4v) is 4.91. The van der Waals surface area contributed by atoms with Crippen LogP contribution in [0.5, 0.6) is 0 Å². The number of aryl methyl sites for hydroxylation is 2. The molecule has 0 aliphatic heterocycles. The Morgan fingerprint density at radius 1 is 0.697 bits per heavy atom. The van der Waals surface area contributed by atoms with Crippen LogP contribution in [0.2, 0.25) is 0 Å². The summed E-state index contributed by atoms with van der Waals surface area (Å²) in [5, 5.41) is 0. The molecule has 2 nitrogen and oxygen atoms in total. The van der Waals surface area contributed by atoms with Gasteiger partial charge in [-0.25, -0.2) is 0 Å². The van der Waals surface area contributed by atoms with Crippen LogP contribution in [-0.4, -0.2) is 11.5 Å². The summed E-state index contributed by atoms with van der Waals surface area (Å²) >= 11 is 0. The standard InChI is InChI=1S/C19H21N.C11H12O.HI/c1-14-7-6-10-17-13-18(11-12-19(14)17)20-15(2)16-8-4-3-5-9-16;1-8-3-2-4-9-7-10(12)5-6-11(8)9;/h3-10,15H,11-13H2,1-2H3;2-4H,5-7H2,1H3;1H/t15-;;/m1../s1. The van der Waals surface area contributed by atoms with E-state index in [1.165, 1.54) is 39.1 Å². The van der Waals surface area contributed by atoms with Crippen molar-refractivity contribution in [2.45, 2.75) is 65.3 Å². The molecular weight excluding hydrogens is 517 g/mol. The Morgan fingerprint density at radius 2 is 1.27 bits per heavy atom. The van der Waals surface area contributed by atoms with Crippen molar-refractivity contribution in [3.05, 3.63) is 106 Å². The van der Waals surface area contributed by atoms with Gasteiger partial charge < -0.3 is 0 Å². The topological polar surface area (TPSA) is 29.4 Å². The number of Topliss-reactive ketones (excluding diaryl/α,β-unsaturated/α-hetero) is 1. The minimum absolute atomic E-state index is 0. The summed E-state index contributed by atoms with van der Waals surface area (Å²) in [5.74, 6) is 0.383. The van der Waals surface area contributed by atoms with Gasteiger partial charge >= 0.3 is 0 Å². The number of carbonyl (C=O) groups excluding carboxylic acids is 1. The summed E-state index contributed by atoms with van der Waals surface area (Å²) < 4.78 is 0. The highest BCUT2D eigenvalue weighted by atomic mass is 127. The van der Waals surface area contributed by atoms with Gasteiger partial charge in [-0.3, -0.25) is 9.79 Å². The number of rotatable bonds is 2. The van der Waals surface area contributed by atoms with E-state index < -0.39 is 0 Å². The number of hydrogen-bond acceptors (Lipinski definition) is 2. The number of nitrogens with zero attached hydrogens (tertiary/aromatic N) is 1. The zero-order valence-electron chi connectivity index (χ0n) is 19.9. The van der Waals surface area contributed by atoms with Gasteiger partial charge in [0.05, 0.1) is 6.04 Å². The third-order valence-corrected chi connectivity index (χ3v) is 6.77. The van der Waals surface area contributed by atoms with Crippen molar-refractivity contribution in [3.8, 4) is 0 Å². The maximum absolute atomic E-state index is 11.1.